The van der Waals surface area contributed by atoms with Gasteiger partial charge in [0.25, 0.3) is 0 Å². The highest BCUT2D eigenvalue weighted by atomic mass is 32.3. The minimum atomic E-state index is 0.774. The Labute approximate surface area is 74.7 Å². The summed E-state index contributed by atoms with van der Waals surface area (Å²) in [4.78, 5) is 0. The first-order chi connectivity index (χ1) is 4.43. The molecule has 54 valence electrons. The first-order valence-electron chi connectivity index (χ1n) is 2.89. The molecule has 1 rings (SSSR count). The minimum absolute atomic E-state index is 0.774. The molecule has 0 saturated carbocycles. The van der Waals surface area contributed by atoms with Gasteiger partial charge >= 0.3 is 0 Å². The Balaban J connectivity index is 2.08. The van der Waals surface area contributed by atoms with Crippen molar-refractivity contribution in [3.63, 3.8) is 0 Å². The summed E-state index contributed by atoms with van der Waals surface area (Å²) in [6.45, 7) is 0. The van der Waals surface area contributed by atoms with Gasteiger partial charge in [-0.25, -0.2) is 0 Å². The van der Waals surface area contributed by atoms with Gasteiger partial charge in [-0.15, -0.1) is 35.3 Å². The van der Waals surface area contributed by atoms with Crippen molar-refractivity contribution in [1.29, 1.82) is 0 Å². The second-order valence-electron chi connectivity index (χ2n) is 1.68. The molecule has 0 N–H and O–H groups in total. The molecule has 0 aromatic carbocycles. The monoisotopic (exact) mass is 198 g/mol. The third kappa shape index (κ3) is 3.35. The highest BCUT2D eigenvalue weighted by molar-refractivity contribution is 8.34. The van der Waals surface area contributed by atoms with E-state index in [4.69, 9.17) is 0 Å². The van der Waals surface area contributed by atoms with Gasteiger partial charge < -0.3 is 0 Å². The van der Waals surface area contributed by atoms with Crippen LogP contribution < -0.4 is 0 Å². The van der Waals surface area contributed by atoms with Crippen LogP contribution in [0.25, 0.3) is 0 Å². The second kappa shape index (κ2) is 5.10. The van der Waals surface area contributed by atoms with Crippen molar-refractivity contribution in [2.45, 2.75) is 10.3 Å². The Bertz CT molecular complexity index is 66.6. The van der Waals surface area contributed by atoms with Crippen LogP contribution in [-0.4, -0.2) is 20.5 Å². The molecule has 0 aromatic rings. The lowest BCUT2D eigenvalue weighted by atomic mass is 10.6. The van der Waals surface area contributed by atoms with Crippen molar-refractivity contribution in [3.8, 4) is 0 Å². The quantitative estimate of drug-likeness (QED) is 0.536. The summed E-state index contributed by atoms with van der Waals surface area (Å²) in [5.41, 5.74) is 0. The van der Waals surface area contributed by atoms with Gasteiger partial charge in [0.1, 0.15) is 0 Å². The summed E-state index contributed by atoms with van der Waals surface area (Å²) in [6.07, 6.45) is 1.39. The largest absolute Gasteiger partial charge is 0.168 e. The van der Waals surface area contributed by atoms with Gasteiger partial charge in [0.2, 0.25) is 0 Å². The van der Waals surface area contributed by atoms with E-state index >= 15 is 0 Å². The lowest BCUT2D eigenvalue weighted by molar-refractivity contribution is 1.12. The predicted molar refractivity (Wildman–Crippen MR) is 54.8 cm³/mol. The molecule has 0 atom stereocenters. The van der Waals surface area contributed by atoms with E-state index in [1.54, 1.807) is 0 Å². The second-order valence-corrected chi connectivity index (χ2v) is 6.84. The van der Waals surface area contributed by atoms with E-state index in [9.17, 15) is 0 Å². The molecular formula is C5H10S4. The van der Waals surface area contributed by atoms with Crippen LogP contribution in [0, 0.1) is 0 Å². The molecule has 1 aliphatic heterocycles. The maximum Gasteiger partial charge on any atom is 0.0964 e. The molecule has 9 heavy (non-hydrogen) atoms. The molecule has 0 aromatic heterocycles. The molecule has 0 radical (unpaired) electrons. The Morgan fingerprint density at radius 3 is 2.67 bits per heavy atom. The van der Waals surface area contributed by atoms with Gasteiger partial charge in [-0.3, -0.25) is 0 Å². The van der Waals surface area contributed by atoms with E-state index in [0.29, 0.717) is 0 Å². The van der Waals surface area contributed by atoms with Crippen molar-refractivity contribution in [2.24, 2.45) is 0 Å². The fourth-order valence-corrected chi connectivity index (χ4v) is 5.70. The van der Waals surface area contributed by atoms with Crippen molar-refractivity contribution >= 4 is 47.9 Å². The molecule has 0 aliphatic carbocycles. The minimum Gasteiger partial charge on any atom is -0.168 e. The van der Waals surface area contributed by atoms with E-state index < -0.39 is 0 Å². The molecule has 1 saturated heterocycles. The average molecular weight is 198 g/mol. The van der Waals surface area contributed by atoms with E-state index in [0.717, 1.165) is 9.00 Å². The van der Waals surface area contributed by atoms with E-state index in [1.807, 2.05) is 11.8 Å². The summed E-state index contributed by atoms with van der Waals surface area (Å²) >= 11 is 10.2. The van der Waals surface area contributed by atoms with Crippen LogP contribution in [0.1, 0.15) is 6.42 Å². The number of thioether (sulfide) groups is 3. The average Bonchev–Trinajstić information content (AvgIpc) is 1.91. The normalized spacial score (nSPS) is 22.3. The summed E-state index contributed by atoms with van der Waals surface area (Å²) in [5.74, 6) is 2.69. The van der Waals surface area contributed by atoms with Crippen LogP contribution in [0.4, 0.5) is 0 Å². The fourth-order valence-electron chi connectivity index (χ4n) is 0.623. The Morgan fingerprint density at radius 2 is 2.11 bits per heavy atom. The van der Waals surface area contributed by atoms with Gasteiger partial charge in [-0.2, -0.15) is 12.6 Å². The van der Waals surface area contributed by atoms with Crippen molar-refractivity contribution in [1.82, 2.24) is 0 Å². The summed E-state index contributed by atoms with van der Waals surface area (Å²) in [6, 6.07) is 0. The van der Waals surface area contributed by atoms with Crippen molar-refractivity contribution in [3.05, 3.63) is 0 Å². The molecule has 1 fully saturated rings. The predicted octanol–water partition coefficient (Wildman–Crippen LogP) is 2.76. The maximum atomic E-state index is 4.17. The molecule has 1 aliphatic rings. The highest BCUT2D eigenvalue weighted by Gasteiger charge is 2.12. The van der Waals surface area contributed by atoms with E-state index in [2.05, 4.69) is 36.2 Å². The Morgan fingerprint density at radius 1 is 1.44 bits per heavy atom. The van der Waals surface area contributed by atoms with E-state index in [-0.39, 0.29) is 0 Å². The standard InChI is InChI=1S/C5H10S4/c6-4-9-5-7-2-1-3-8-5/h5-6H,1-4H2. The van der Waals surface area contributed by atoms with Crippen molar-refractivity contribution < 1.29 is 0 Å². The van der Waals surface area contributed by atoms with Gasteiger partial charge in [0, 0.05) is 5.08 Å². The Kier molecular flexibility index (Phi) is 4.82. The number of rotatable bonds is 2. The zero-order valence-corrected chi connectivity index (χ0v) is 8.42. The first-order valence-corrected chi connectivity index (χ1v) is 6.67. The summed E-state index contributed by atoms with van der Waals surface area (Å²) < 4.78 is 0.774. The third-order valence-electron chi connectivity index (χ3n) is 1.01. The molecule has 0 unspecified atom stereocenters. The summed E-state index contributed by atoms with van der Waals surface area (Å²) in [5, 5.41) is 0.963. The van der Waals surface area contributed by atoms with Gasteiger partial charge in [-0.1, -0.05) is 0 Å². The third-order valence-corrected chi connectivity index (χ3v) is 5.92. The maximum absolute atomic E-state index is 4.17. The SMILES string of the molecule is SCSC1SCCCS1. The van der Waals surface area contributed by atoms with Crippen LogP contribution in [0.15, 0.2) is 0 Å². The van der Waals surface area contributed by atoms with Gasteiger partial charge in [-0.05, 0) is 17.9 Å². The lowest BCUT2D eigenvalue weighted by Gasteiger charge is -2.18. The molecule has 0 amide bonds. The number of hydrogen-bond acceptors (Lipinski definition) is 4. The molecular weight excluding hydrogens is 188 g/mol. The lowest BCUT2D eigenvalue weighted by Crippen LogP contribution is -2.01. The highest BCUT2D eigenvalue weighted by Crippen LogP contribution is 2.38. The molecule has 0 spiro atoms. The molecule has 0 bridgehead atoms. The zero-order chi connectivity index (χ0) is 6.53. The first kappa shape index (κ1) is 8.50. The van der Waals surface area contributed by atoms with E-state index in [1.165, 1.54) is 17.9 Å². The Hall–Kier alpha value is 1.40. The van der Waals surface area contributed by atoms with Gasteiger partial charge in [0.15, 0.2) is 0 Å². The van der Waals surface area contributed by atoms with Crippen LogP contribution in [0.3, 0.4) is 0 Å². The molecule has 4 heteroatoms. The van der Waals surface area contributed by atoms with Crippen LogP contribution >= 0.6 is 47.9 Å². The number of hydrogen-bond donors (Lipinski definition) is 1. The molecule has 1 heterocycles. The molecule has 0 nitrogen and oxygen atoms in total. The van der Waals surface area contributed by atoms with Crippen molar-refractivity contribution in [2.75, 3.05) is 16.6 Å². The van der Waals surface area contributed by atoms with Crippen LogP contribution in [0.5, 0.6) is 0 Å². The zero-order valence-electron chi connectivity index (χ0n) is 5.08. The fraction of sp³-hybridized carbons (Fsp3) is 1.00. The number of thiol groups is 1. The van der Waals surface area contributed by atoms with Crippen LogP contribution in [0.2, 0.25) is 0 Å². The topological polar surface area (TPSA) is 0 Å². The van der Waals surface area contributed by atoms with Gasteiger partial charge in [0.05, 0.1) is 3.91 Å². The smallest absolute Gasteiger partial charge is 0.0964 e. The summed E-state index contributed by atoms with van der Waals surface area (Å²) in [7, 11) is 0. The van der Waals surface area contributed by atoms with Crippen LogP contribution in [-0.2, 0) is 0 Å².